The Bertz CT molecular complexity index is 1280. The molecule has 3 nitrogen and oxygen atoms in total. The van der Waals surface area contributed by atoms with E-state index in [4.69, 9.17) is 4.74 Å². The van der Waals surface area contributed by atoms with Crippen LogP contribution in [0.25, 0.3) is 22.9 Å². The number of ether oxygens (including phenoxy) is 1. The lowest BCUT2D eigenvalue weighted by molar-refractivity contribution is -0.149. The largest absolute Gasteiger partial charge is 0.466 e. The number of piperidine rings is 1. The number of carbonyl (C=O) groups excluding carboxylic acids is 1. The number of aryl methyl sites for hydroxylation is 2. The molecule has 5 rings (SSSR count). The minimum atomic E-state index is -0.0289. The third-order valence-electron chi connectivity index (χ3n) is 7.14. The Balaban J connectivity index is 1.38. The Kier molecular flexibility index (Phi) is 6.59. The number of esters is 1. The summed E-state index contributed by atoms with van der Waals surface area (Å²) in [5.41, 5.74) is 4.22. The maximum absolute atomic E-state index is 12.1. The second-order valence-electron chi connectivity index (χ2n) is 9.35. The van der Waals surface area contributed by atoms with Crippen LogP contribution < -0.4 is 10.4 Å². The van der Waals surface area contributed by atoms with Crippen LogP contribution in [-0.2, 0) is 22.4 Å². The van der Waals surface area contributed by atoms with Crippen LogP contribution in [0.4, 0.5) is 0 Å². The molecule has 0 aromatic heterocycles. The van der Waals surface area contributed by atoms with Crippen LogP contribution in [-0.4, -0.2) is 37.1 Å². The van der Waals surface area contributed by atoms with E-state index in [9.17, 15) is 4.79 Å². The lowest BCUT2D eigenvalue weighted by Gasteiger charge is -2.31. The van der Waals surface area contributed by atoms with E-state index in [2.05, 4.69) is 71.6 Å². The molecule has 0 unspecified atom stereocenters. The SMILES string of the molecule is CCOC(=O)[C@@H]1CCCN(CCC=c2cccc3cc4c(cc23)=Cc2ccccc2CC4)C1. The maximum Gasteiger partial charge on any atom is 0.310 e. The molecule has 0 spiro atoms. The van der Waals surface area contributed by atoms with Crippen LogP contribution in [0, 0.1) is 5.92 Å². The summed E-state index contributed by atoms with van der Waals surface area (Å²) in [5, 5.41) is 5.30. The molecule has 1 aliphatic heterocycles. The first kappa shape index (κ1) is 21.9. The Morgan fingerprint density at radius 1 is 1.09 bits per heavy atom. The number of fused-ring (bicyclic) bond motifs is 3. The number of nitrogens with zero attached hydrogens (tertiary/aromatic N) is 1. The number of hydrogen-bond donors (Lipinski definition) is 0. The fourth-order valence-corrected chi connectivity index (χ4v) is 5.40. The highest BCUT2D eigenvalue weighted by Crippen LogP contribution is 2.20. The molecule has 0 bridgehead atoms. The summed E-state index contributed by atoms with van der Waals surface area (Å²) in [7, 11) is 0. The molecule has 1 heterocycles. The minimum Gasteiger partial charge on any atom is -0.466 e. The zero-order chi connectivity index (χ0) is 22.6. The lowest BCUT2D eigenvalue weighted by Crippen LogP contribution is -2.39. The molecular weight excluding hydrogens is 406 g/mol. The van der Waals surface area contributed by atoms with Crippen molar-refractivity contribution in [2.45, 2.75) is 39.0 Å². The van der Waals surface area contributed by atoms with Crippen LogP contribution >= 0.6 is 0 Å². The molecule has 0 saturated carbocycles. The lowest BCUT2D eigenvalue weighted by atomic mass is 9.98. The van der Waals surface area contributed by atoms with Crippen molar-refractivity contribution in [3.05, 3.63) is 81.7 Å². The van der Waals surface area contributed by atoms with E-state index in [1.165, 1.54) is 37.9 Å². The van der Waals surface area contributed by atoms with Crippen LogP contribution in [0.3, 0.4) is 0 Å². The van der Waals surface area contributed by atoms with E-state index in [1.807, 2.05) is 6.92 Å². The second-order valence-corrected chi connectivity index (χ2v) is 9.35. The van der Waals surface area contributed by atoms with Gasteiger partial charge in [0.1, 0.15) is 0 Å². The molecule has 170 valence electrons. The number of hydrogen-bond acceptors (Lipinski definition) is 3. The molecule has 3 heteroatoms. The maximum atomic E-state index is 12.1. The van der Waals surface area contributed by atoms with Gasteiger partial charge in [0, 0.05) is 13.1 Å². The Morgan fingerprint density at radius 3 is 2.88 bits per heavy atom. The van der Waals surface area contributed by atoms with Crippen LogP contribution in [0.5, 0.6) is 0 Å². The fraction of sp³-hybridized carbons (Fsp3) is 0.367. The van der Waals surface area contributed by atoms with E-state index >= 15 is 0 Å². The Hall–Kier alpha value is -2.91. The van der Waals surface area contributed by atoms with E-state index < -0.39 is 0 Å². The summed E-state index contributed by atoms with van der Waals surface area (Å²) in [5.74, 6) is 0.00359. The Labute approximate surface area is 196 Å². The van der Waals surface area contributed by atoms with E-state index in [-0.39, 0.29) is 11.9 Å². The first-order valence-corrected chi connectivity index (χ1v) is 12.4. The molecule has 33 heavy (non-hydrogen) atoms. The highest BCUT2D eigenvalue weighted by atomic mass is 16.5. The van der Waals surface area contributed by atoms with Crippen LogP contribution in [0.15, 0.2) is 54.6 Å². The third-order valence-corrected chi connectivity index (χ3v) is 7.14. The number of rotatable bonds is 5. The predicted octanol–water partition coefficient (Wildman–Crippen LogP) is 4.21. The first-order chi connectivity index (χ1) is 16.2. The highest BCUT2D eigenvalue weighted by molar-refractivity contribution is 5.85. The van der Waals surface area contributed by atoms with Gasteiger partial charge in [0.15, 0.2) is 0 Å². The van der Waals surface area contributed by atoms with Gasteiger partial charge in [-0.25, -0.2) is 0 Å². The topological polar surface area (TPSA) is 29.5 Å². The fourth-order valence-electron chi connectivity index (χ4n) is 5.40. The van der Waals surface area contributed by atoms with Crippen molar-refractivity contribution in [2.75, 3.05) is 26.2 Å². The van der Waals surface area contributed by atoms with Crippen molar-refractivity contribution in [3.63, 3.8) is 0 Å². The van der Waals surface area contributed by atoms with Crippen molar-refractivity contribution in [3.8, 4) is 0 Å². The monoisotopic (exact) mass is 439 g/mol. The van der Waals surface area contributed by atoms with Crippen LogP contribution in [0.2, 0.25) is 0 Å². The van der Waals surface area contributed by atoms with Gasteiger partial charge in [-0.05, 0) is 95.6 Å². The van der Waals surface area contributed by atoms with Gasteiger partial charge in [-0.3, -0.25) is 4.79 Å². The third kappa shape index (κ3) is 4.89. The zero-order valence-electron chi connectivity index (χ0n) is 19.6. The average molecular weight is 440 g/mol. The van der Waals surface area contributed by atoms with E-state index in [1.54, 1.807) is 0 Å². The van der Waals surface area contributed by atoms with Crippen molar-refractivity contribution < 1.29 is 9.53 Å². The van der Waals surface area contributed by atoms with E-state index in [0.717, 1.165) is 51.7 Å². The van der Waals surface area contributed by atoms with Gasteiger partial charge in [-0.15, -0.1) is 0 Å². The van der Waals surface area contributed by atoms with Gasteiger partial charge in [0.2, 0.25) is 0 Å². The van der Waals surface area contributed by atoms with Gasteiger partial charge in [0.05, 0.1) is 12.5 Å². The van der Waals surface area contributed by atoms with Crippen molar-refractivity contribution in [1.82, 2.24) is 4.90 Å². The molecule has 0 N–H and O–H groups in total. The smallest absolute Gasteiger partial charge is 0.310 e. The molecule has 1 atom stereocenters. The quantitative estimate of drug-likeness (QED) is 0.558. The minimum absolute atomic E-state index is 0.0289. The summed E-state index contributed by atoms with van der Waals surface area (Å²) >= 11 is 0. The van der Waals surface area contributed by atoms with E-state index in [0.29, 0.717) is 6.61 Å². The number of likely N-dealkylation sites (tertiary alicyclic amines) is 1. The van der Waals surface area contributed by atoms with Gasteiger partial charge < -0.3 is 9.64 Å². The molecule has 0 radical (unpaired) electrons. The van der Waals surface area contributed by atoms with Gasteiger partial charge in [0.25, 0.3) is 0 Å². The standard InChI is InChI=1S/C30H33NO2/c1-2-33-30(32)27-13-7-17-31(21-27)16-6-12-23-10-5-11-26-18-25-15-14-22-8-3-4-9-24(22)19-28(25)20-29(23)26/h3-5,8-12,18-20,27H,2,6-7,13-17,21H2,1H3/t27-/m1/s1. The summed E-state index contributed by atoms with van der Waals surface area (Å²) in [6.07, 6.45) is 9.92. The normalized spacial score (nSPS) is 18.8. The molecule has 1 fully saturated rings. The van der Waals surface area contributed by atoms with Crippen LogP contribution in [0.1, 0.15) is 42.9 Å². The van der Waals surface area contributed by atoms with Gasteiger partial charge in [-0.1, -0.05) is 54.6 Å². The Morgan fingerprint density at radius 2 is 1.97 bits per heavy atom. The van der Waals surface area contributed by atoms with Gasteiger partial charge >= 0.3 is 5.97 Å². The summed E-state index contributed by atoms with van der Waals surface area (Å²) in [6, 6.07) is 20.2. The highest BCUT2D eigenvalue weighted by Gasteiger charge is 2.26. The number of benzene rings is 3. The molecule has 1 aliphatic carbocycles. The average Bonchev–Trinajstić information content (AvgIpc) is 3.02. The summed E-state index contributed by atoms with van der Waals surface area (Å²) in [6.45, 7) is 5.23. The predicted molar refractivity (Wildman–Crippen MR) is 135 cm³/mol. The molecule has 2 aliphatic rings. The van der Waals surface area contributed by atoms with Crippen molar-refractivity contribution >= 4 is 28.9 Å². The molecular formula is C30H33NO2. The van der Waals surface area contributed by atoms with Crippen molar-refractivity contribution in [2.24, 2.45) is 5.92 Å². The first-order valence-electron chi connectivity index (χ1n) is 12.4. The van der Waals surface area contributed by atoms with Crippen molar-refractivity contribution in [1.29, 1.82) is 0 Å². The van der Waals surface area contributed by atoms with Gasteiger partial charge in [-0.2, -0.15) is 0 Å². The number of carbonyl (C=O) groups is 1. The second kappa shape index (κ2) is 9.93. The molecule has 3 aromatic rings. The molecule has 3 aromatic carbocycles. The summed E-state index contributed by atoms with van der Waals surface area (Å²) < 4.78 is 5.25. The molecule has 0 amide bonds. The molecule has 1 saturated heterocycles. The zero-order valence-corrected chi connectivity index (χ0v) is 19.6. The summed E-state index contributed by atoms with van der Waals surface area (Å²) in [4.78, 5) is 14.6.